The van der Waals surface area contributed by atoms with Crippen LogP contribution in [-0.4, -0.2) is 42.5 Å². The van der Waals surface area contributed by atoms with Gasteiger partial charge in [0.1, 0.15) is 5.75 Å². The number of aryl methyl sites for hydroxylation is 1. The van der Waals surface area contributed by atoms with E-state index in [0.717, 1.165) is 44.3 Å². The van der Waals surface area contributed by atoms with Crippen LogP contribution in [0.25, 0.3) is 0 Å². The smallest absolute Gasteiger partial charge is 0.258 e. The molecule has 1 saturated heterocycles. The van der Waals surface area contributed by atoms with Gasteiger partial charge in [0.15, 0.2) is 6.61 Å². The second-order valence-corrected chi connectivity index (χ2v) is 6.54. The molecular formula is C18H24N2O3. The largest absolute Gasteiger partial charge is 0.484 e. The number of piperidine rings is 1. The van der Waals surface area contributed by atoms with Crippen LogP contribution in [0.4, 0.5) is 0 Å². The molecule has 1 aliphatic heterocycles. The molecule has 1 saturated carbocycles. The minimum absolute atomic E-state index is 0.0320. The second kappa shape index (κ2) is 7.02. The van der Waals surface area contributed by atoms with E-state index in [9.17, 15) is 9.59 Å². The number of hydrogen-bond acceptors (Lipinski definition) is 3. The van der Waals surface area contributed by atoms with Gasteiger partial charge in [-0.3, -0.25) is 9.59 Å². The number of nitrogens with one attached hydrogen (secondary N) is 1. The number of ether oxygens (including phenoxy) is 1. The zero-order valence-electron chi connectivity index (χ0n) is 13.6. The third-order valence-electron chi connectivity index (χ3n) is 4.49. The molecule has 2 amide bonds. The predicted octanol–water partition coefficient (Wildman–Crippen LogP) is 1.89. The Kier molecular flexibility index (Phi) is 4.84. The van der Waals surface area contributed by atoms with Gasteiger partial charge in [-0.15, -0.1) is 0 Å². The Morgan fingerprint density at radius 2 is 1.78 bits per heavy atom. The van der Waals surface area contributed by atoms with Gasteiger partial charge >= 0.3 is 0 Å². The van der Waals surface area contributed by atoms with Crippen molar-refractivity contribution in [2.75, 3.05) is 19.7 Å². The van der Waals surface area contributed by atoms with Crippen molar-refractivity contribution in [1.82, 2.24) is 10.2 Å². The summed E-state index contributed by atoms with van der Waals surface area (Å²) in [6, 6.07) is 7.79. The molecule has 3 rings (SSSR count). The molecule has 1 aliphatic carbocycles. The van der Waals surface area contributed by atoms with E-state index in [0.29, 0.717) is 11.7 Å². The molecule has 0 spiro atoms. The van der Waals surface area contributed by atoms with E-state index in [1.165, 1.54) is 0 Å². The standard InChI is InChI=1S/C18H24N2O3/c1-13-2-6-16(7-3-13)23-12-17(21)19-15-8-10-20(11-9-15)18(22)14-4-5-14/h2-3,6-7,14-15H,4-5,8-12H2,1H3,(H,19,21). The Morgan fingerprint density at radius 3 is 2.39 bits per heavy atom. The summed E-state index contributed by atoms with van der Waals surface area (Å²) in [7, 11) is 0. The predicted molar refractivity (Wildman–Crippen MR) is 87.1 cm³/mol. The molecule has 1 aromatic rings. The highest BCUT2D eigenvalue weighted by Crippen LogP contribution is 2.31. The lowest BCUT2D eigenvalue weighted by atomic mass is 10.0. The molecule has 1 heterocycles. The number of amides is 2. The monoisotopic (exact) mass is 316 g/mol. The van der Waals surface area contributed by atoms with E-state index in [-0.39, 0.29) is 24.5 Å². The number of nitrogens with zero attached hydrogens (tertiary/aromatic N) is 1. The van der Waals surface area contributed by atoms with E-state index in [1.54, 1.807) is 0 Å². The van der Waals surface area contributed by atoms with Gasteiger partial charge in [-0.05, 0) is 44.7 Å². The first-order valence-corrected chi connectivity index (χ1v) is 8.39. The Balaban J connectivity index is 1.37. The summed E-state index contributed by atoms with van der Waals surface area (Å²) < 4.78 is 5.49. The van der Waals surface area contributed by atoms with Crippen LogP contribution < -0.4 is 10.1 Å². The first kappa shape index (κ1) is 15.8. The van der Waals surface area contributed by atoms with Gasteiger partial charge in [0.05, 0.1) is 0 Å². The van der Waals surface area contributed by atoms with Crippen molar-refractivity contribution in [3.63, 3.8) is 0 Å². The topological polar surface area (TPSA) is 58.6 Å². The van der Waals surface area contributed by atoms with E-state index < -0.39 is 0 Å². The Morgan fingerprint density at radius 1 is 1.13 bits per heavy atom. The van der Waals surface area contributed by atoms with Crippen LogP contribution >= 0.6 is 0 Å². The summed E-state index contributed by atoms with van der Waals surface area (Å²) in [6.07, 6.45) is 3.75. The maximum atomic E-state index is 12.0. The highest BCUT2D eigenvalue weighted by Gasteiger charge is 2.35. The second-order valence-electron chi connectivity index (χ2n) is 6.54. The summed E-state index contributed by atoms with van der Waals surface area (Å²) in [6.45, 7) is 3.54. The van der Waals surface area contributed by atoms with Gasteiger partial charge < -0.3 is 15.0 Å². The highest BCUT2D eigenvalue weighted by atomic mass is 16.5. The van der Waals surface area contributed by atoms with E-state index in [1.807, 2.05) is 36.1 Å². The van der Waals surface area contributed by atoms with Crippen molar-refractivity contribution in [2.24, 2.45) is 5.92 Å². The van der Waals surface area contributed by atoms with Crippen molar-refractivity contribution in [2.45, 2.75) is 38.6 Å². The molecule has 5 nitrogen and oxygen atoms in total. The van der Waals surface area contributed by atoms with Crippen LogP contribution in [0, 0.1) is 12.8 Å². The molecule has 0 radical (unpaired) electrons. The quantitative estimate of drug-likeness (QED) is 0.902. The Labute approximate surface area is 137 Å². The van der Waals surface area contributed by atoms with Crippen LogP contribution in [0.5, 0.6) is 5.75 Å². The van der Waals surface area contributed by atoms with Crippen molar-refractivity contribution in [3.8, 4) is 5.75 Å². The molecule has 2 fully saturated rings. The number of carbonyl (C=O) groups excluding carboxylic acids is 2. The Bertz CT molecular complexity index is 558. The zero-order valence-corrected chi connectivity index (χ0v) is 13.6. The summed E-state index contributed by atoms with van der Waals surface area (Å²) in [5, 5.41) is 3.00. The highest BCUT2D eigenvalue weighted by molar-refractivity contribution is 5.81. The molecule has 2 aliphatic rings. The molecule has 1 N–H and O–H groups in total. The molecule has 5 heteroatoms. The fourth-order valence-corrected chi connectivity index (χ4v) is 2.89. The molecule has 1 aromatic carbocycles. The van der Waals surface area contributed by atoms with E-state index in [2.05, 4.69) is 5.32 Å². The maximum Gasteiger partial charge on any atom is 0.258 e. The molecule has 23 heavy (non-hydrogen) atoms. The summed E-state index contributed by atoms with van der Waals surface area (Å²) in [5.41, 5.74) is 1.16. The van der Waals surface area contributed by atoms with Gasteiger partial charge in [0.25, 0.3) is 5.91 Å². The zero-order chi connectivity index (χ0) is 16.2. The first-order valence-electron chi connectivity index (χ1n) is 8.39. The maximum absolute atomic E-state index is 12.0. The van der Waals surface area contributed by atoms with Gasteiger partial charge in [-0.25, -0.2) is 0 Å². The molecule has 0 unspecified atom stereocenters. The van der Waals surface area contributed by atoms with E-state index >= 15 is 0 Å². The number of hydrogen-bond donors (Lipinski definition) is 1. The number of rotatable bonds is 5. The lowest BCUT2D eigenvalue weighted by Crippen LogP contribution is -2.47. The van der Waals surface area contributed by atoms with Crippen LogP contribution in [0.2, 0.25) is 0 Å². The lowest BCUT2D eigenvalue weighted by molar-refractivity contribution is -0.133. The SMILES string of the molecule is Cc1ccc(OCC(=O)NC2CCN(C(=O)C3CC3)CC2)cc1. The summed E-state index contributed by atoms with van der Waals surface area (Å²) >= 11 is 0. The molecular weight excluding hydrogens is 292 g/mol. The third kappa shape index (κ3) is 4.47. The number of carbonyl (C=O) groups is 2. The summed E-state index contributed by atoms with van der Waals surface area (Å²) in [5.74, 6) is 1.19. The minimum Gasteiger partial charge on any atom is -0.484 e. The lowest BCUT2D eigenvalue weighted by Gasteiger charge is -2.32. The molecule has 0 bridgehead atoms. The fraction of sp³-hybridized carbons (Fsp3) is 0.556. The Hall–Kier alpha value is -2.04. The average molecular weight is 316 g/mol. The van der Waals surface area contributed by atoms with Gasteiger partial charge in [0, 0.05) is 25.0 Å². The van der Waals surface area contributed by atoms with Crippen molar-refractivity contribution < 1.29 is 14.3 Å². The molecule has 124 valence electrons. The molecule has 0 aromatic heterocycles. The normalized spacial score (nSPS) is 18.6. The van der Waals surface area contributed by atoms with Crippen molar-refractivity contribution in [1.29, 1.82) is 0 Å². The number of likely N-dealkylation sites (tertiary alicyclic amines) is 1. The molecule has 0 atom stereocenters. The van der Waals surface area contributed by atoms with E-state index in [4.69, 9.17) is 4.74 Å². The number of benzene rings is 1. The van der Waals surface area contributed by atoms with Crippen LogP contribution in [0.15, 0.2) is 24.3 Å². The third-order valence-corrected chi connectivity index (χ3v) is 4.49. The minimum atomic E-state index is -0.0995. The average Bonchev–Trinajstić information content (AvgIpc) is 3.39. The van der Waals surface area contributed by atoms with Gasteiger partial charge in [-0.1, -0.05) is 17.7 Å². The summed E-state index contributed by atoms with van der Waals surface area (Å²) in [4.78, 5) is 25.9. The van der Waals surface area contributed by atoms with Gasteiger partial charge in [0.2, 0.25) is 5.91 Å². The van der Waals surface area contributed by atoms with Crippen molar-refractivity contribution >= 4 is 11.8 Å². The van der Waals surface area contributed by atoms with Gasteiger partial charge in [-0.2, -0.15) is 0 Å². The van der Waals surface area contributed by atoms with Crippen LogP contribution in [0.3, 0.4) is 0 Å². The van der Waals surface area contributed by atoms with Crippen LogP contribution in [-0.2, 0) is 9.59 Å². The first-order chi connectivity index (χ1) is 11.1. The van der Waals surface area contributed by atoms with Crippen LogP contribution in [0.1, 0.15) is 31.2 Å². The fourth-order valence-electron chi connectivity index (χ4n) is 2.89. The van der Waals surface area contributed by atoms with Crippen molar-refractivity contribution in [3.05, 3.63) is 29.8 Å².